The number of rotatable bonds is 13. The number of oxime groups is 1. The summed E-state index contributed by atoms with van der Waals surface area (Å²) < 4.78 is 44.7. The van der Waals surface area contributed by atoms with E-state index in [1.165, 1.54) is 13.8 Å². The van der Waals surface area contributed by atoms with Gasteiger partial charge >= 0.3 is 16.4 Å². The normalized spacial score (nSPS) is 20.5. The van der Waals surface area contributed by atoms with E-state index in [1.807, 2.05) is 0 Å². The van der Waals surface area contributed by atoms with Crippen molar-refractivity contribution in [3.63, 3.8) is 0 Å². The fourth-order valence-electron chi connectivity index (χ4n) is 4.35. The van der Waals surface area contributed by atoms with Gasteiger partial charge in [0.1, 0.15) is 24.2 Å². The van der Waals surface area contributed by atoms with Gasteiger partial charge in [-0.3, -0.25) is 19.6 Å². The fraction of sp³-hybridized carbons (Fsp3) is 0.458. The molecule has 2 aromatic rings. The van der Waals surface area contributed by atoms with Crippen molar-refractivity contribution in [3.8, 4) is 5.75 Å². The molecule has 0 saturated carbocycles. The highest BCUT2D eigenvalue weighted by atomic mass is 32.3. The maximum Gasteiger partial charge on any atom is 0.418 e. The van der Waals surface area contributed by atoms with E-state index in [0.717, 1.165) is 25.9 Å². The van der Waals surface area contributed by atoms with Crippen LogP contribution in [-0.2, 0) is 33.9 Å². The number of β-lactam (4-membered cyclic amide) rings is 1. The highest BCUT2D eigenvalue weighted by Gasteiger charge is 2.58. The molecular weight excluding hydrogens is 638 g/mol. The minimum atomic E-state index is -5.03. The number of benzene rings is 1. The lowest BCUT2D eigenvalue weighted by molar-refractivity contribution is -0.218. The van der Waals surface area contributed by atoms with Crippen LogP contribution in [0, 0.1) is 5.41 Å². The van der Waals surface area contributed by atoms with Crippen LogP contribution in [0.25, 0.3) is 0 Å². The Morgan fingerprint density at radius 3 is 2.58 bits per heavy atom. The summed E-state index contributed by atoms with van der Waals surface area (Å²) in [4.78, 5) is 46.5. The van der Waals surface area contributed by atoms with Crippen LogP contribution in [0.3, 0.4) is 0 Å². The average Bonchev–Trinajstić information content (AvgIpc) is 3.41. The van der Waals surface area contributed by atoms with E-state index in [4.69, 9.17) is 25.3 Å². The van der Waals surface area contributed by atoms with Crippen LogP contribution in [0.2, 0.25) is 0 Å². The minimum absolute atomic E-state index is 0.0569. The Kier molecular flexibility index (Phi) is 10.2. The first-order valence-electron chi connectivity index (χ1n) is 13.3. The van der Waals surface area contributed by atoms with Crippen molar-refractivity contribution in [3.05, 3.63) is 35.7 Å². The monoisotopic (exact) mass is 669 g/mol. The second kappa shape index (κ2) is 13.7. The van der Waals surface area contributed by atoms with Gasteiger partial charge in [-0.25, -0.2) is 4.79 Å². The van der Waals surface area contributed by atoms with Crippen molar-refractivity contribution < 1.29 is 46.3 Å². The predicted molar refractivity (Wildman–Crippen MR) is 157 cm³/mol. The number of carbonyl (C=O) groups excluding carboxylic acids is 2. The third kappa shape index (κ3) is 8.39. The first-order valence-corrected chi connectivity index (χ1v) is 15.5. The number of amides is 2. The first-order chi connectivity index (χ1) is 21.2. The Hall–Kier alpha value is -4.44. The molecule has 45 heavy (non-hydrogen) atoms. The van der Waals surface area contributed by atoms with E-state index in [1.54, 1.807) is 24.3 Å². The molecule has 8 N–H and O–H groups in total. The molecule has 1 aromatic heterocycles. The predicted octanol–water partition coefficient (Wildman–Crippen LogP) is -1.12. The molecule has 0 radical (unpaired) electrons. The number of carboxylic acid groups (broad SMARTS) is 1. The van der Waals surface area contributed by atoms with Crippen LogP contribution in [0.1, 0.15) is 38.1 Å². The molecule has 2 fully saturated rings. The van der Waals surface area contributed by atoms with Crippen LogP contribution in [-0.4, -0.2) is 105 Å². The Morgan fingerprint density at radius 1 is 1.31 bits per heavy atom. The number of piperidine rings is 1. The molecule has 1 unspecified atom stereocenters. The second-order valence-electron chi connectivity index (χ2n) is 10.4. The van der Waals surface area contributed by atoms with Crippen molar-refractivity contribution in [1.82, 2.24) is 30.4 Å². The van der Waals surface area contributed by atoms with Crippen molar-refractivity contribution in [2.24, 2.45) is 5.16 Å². The number of amidine groups is 1. The summed E-state index contributed by atoms with van der Waals surface area (Å²) in [6.07, 6.45) is 0.246. The van der Waals surface area contributed by atoms with Crippen molar-refractivity contribution in [1.29, 1.82) is 5.41 Å². The largest absolute Gasteiger partial charge is 0.489 e. The first kappa shape index (κ1) is 33.5. The molecule has 2 aliphatic rings. The van der Waals surface area contributed by atoms with Gasteiger partial charge in [0.2, 0.25) is 11.5 Å². The second-order valence-corrected chi connectivity index (χ2v) is 12.2. The van der Waals surface area contributed by atoms with Crippen molar-refractivity contribution in [2.45, 2.75) is 50.4 Å². The average molecular weight is 670 g/mol. The van der Waals surface area contributed by atoms with Gasteiger partial charge in [0.25, 0.3) is 17.9 Å². The topological polar surface area (TPSA) is 281 Å². The number of carboxylic acids is 1. The van der Waals surface area contributed by atoms with Crippen LogP contribution in [0.4, 0.5) is 5.13 Å². The highest BCUT2D eigenvalue weighted by molar-refractivity contribution is 7.80. The van der Waals surface area contributed by atoms with E-state index >= 15 is 0 Å². The van der Waals surface area contributed by atoms with Crippen molar-refractivity contribution >= 4 is 56.4 Å². The van der Waals surface area contributed by atoms with Crippen LogP contribution < -0.4 is 26.4 Å². The summed E-state index contributed by atoms with van der Waals surface area (Å²) in [5, 5.41) is 30.6. The molecule has 0 bridgehead atoms. The summed E-state index contributed by atoms with van der Waals surface area (Å²) in [6, 6.07) is 5.18. The molecule has 19 nitrogen and oxygen atoms in total. The third-order valence-corrected chi connectivity index (χ3v) is 7.61. The number of nitrogens with two attached hydrogens (primary N) is 1. The molecule has 0 spiro atoms. The van der Waals surface area contributed by atoms with E-state index in [9.17, 15) is 27.9 Å². The SMILES string of the molecule is CC1(C)[C@H](NC(=O)/C(=N\OC(COc2ccc(C(=N)N[C@H]3CCCNC3)cc2)C(=O)O)c2nsc(N)n2)C(=O)N1OS(=O)(=O)O. The lowest BCUT2D eigenvalue weighted by atomic mass is 9.84. The van der Waals surface area contributed by atoms with Gasteiger partial charge in [0.05, 0.1) is 5.54 Å². The molecule has 3 heterocycles. The number of hydrogen-bond acceptors (Lipinski definition) is 15. The Balaban J connectivity index is 1.41. The lowest BCUT2D eigenvalue weighted by Crippen LogP contribution is -2.76. The smallest absolute Gasteiger partial charge is 0.418 e. The van der Waals surface area contributed by atoms with Gasteiger partial charge in [0.15, 0.2) is 5.13 Å². The zero-order valence-corrected chi connectivity index (χ0v) is 25.6. The number of nitrogens with one attached hydrogen (secondary N) is 4. The molecule has 2 saturated heterocycles. The summed E-state index contributed by atoms with van der Waals surface area (Å²) in [5.41, 5.74) is 4.13. The molecular formula is C24H31N9O10S2. The van der Waals surface area contributed by atoms with E-state index in [-0.39, 0.29) is 28.6 Å². The molecule has 244 valence electrons. The standard InChI is InChI=1S/C24H31N9O10S2/c1-24(2)17(21(35)33(24)43-45(38,39)40)29-20(34)16(19-30-23(26)44-32-19)31-42-15(22(36)37)11-41-14-7-5-12(6-8-14)18(25)28-13-4-3-9-27-10-13/h5-8,13,15,17,27H,3-4,9-11H2,1-2H3,(H2,25,28)(H,29,34)(H,36,37)(H2,26,30,32)(H,38,39,40)/b31-16-/t13-,15?,17+/m0/s1. The number of aliphatic carboxylic acids is 1. The number of ether oxygens (including phenoxy) is 1. The fourth-order valence-corrected chi connectivity index (χ4v) is 5.24. The summed E-state index contributed by atoms with van der Waals surface area (Å²) in [7, 11) is -5.03. The highest BCUT2D eigenvalue weighted by Crippen LogP contribution is 2.33. The van der Waals surface area contributed by atoms with Gasteiger partial charge in [-0.15, -0.1) is 4.28 Å². The number of carbonyl (C=O) groups is 3. The van der Waals surface area contributed by atoms with Gasteiger partial charge < -0.3 is 36.4 Å². The summed E-state index contributed by atoms with van der Waals surface area (Å²) in [6.45, 7) is 3.85. The molecule has 0 aliphatic carbocycles. The van der Waals surface area contributed by atoms with Gasteiger partial charge in [0, 0.05) is 29.7 Å². The summed E-state index contributed by atoms with van der Waals surface area (Å²) >= 11 is 0.704. The van der Waals surface area contributed by atoms with E-state index in [2.05, 4.69) is 34.7 Å². The van der Waals surface area contributed by atoms with Crippen LogP contribution in [0.15, 0.2) is 29.4 Å². The van der Waals surface area contributed by atoms with Gasteiger partial charge in [-0.05, 0) is 57.5 Å². The number of nitrogens with zero attached hydrogens (tertiary/aromatic N) is 4. The maximum absolute atomic E-state index is 13.1. The maximum atomic E-state index is 13.1. The third-order valence-electron chi connectivity index (χ3n) is 6.73. The van der Waals surface area contributed by atoms with Crippen molar-refractivity contribution in [2.75, 3.05) is 25.4 Å². The molecule has 2 aliphatic heterocycles. The number of hydrogen-bond donors (Lipinski definition) is 7. The Labute approximate surface area is 260 Å². The van der Waals surface area contributed by atoms with E-state index in [0.29, 0.717) is 22.2 Å². The summed E-state index contributed by atoms with van der Waals surface area (Å²) in [5.74, 6) is -3.42. The van der Waals surface area contributed by atoms with Gasteiger partial charge in [-0.1, -0.05) is 5.16 Å². The van der Waals surface area contributed by atoms with Gasteiger partial charge in [-0.2, -0.15) is 22.8 Å². The zero-order chi connectivity index (χ0) is 32.9. The molecule has 1 aromatic carbocycles. The lowest BCUT2D eigenvalue weighted by Gasteiger charge is -2.50. The van der Waals surface area contributed by atoms with Crippen LogP contribution in [0.5, 0.6) is 5.75 Å². The molecule has 21 heteroatoms. The molecule has 2 amide bonds. The van der Waals surface area contributed by atoms with Crippen LogP contribution >= 0.6 is 11.5 Å². The number of anilines is 1. The quantitative estimate of drug-likeness (QED) is 0.0437. The molecule has 4 rings (SSSR count). The zero-order valence-electron chi connectivity index (χ0n) is 23.9. The Bertz CT molecular complexity index is 1570. The number of aromatic nitrogens is 2. The van der Waals surface area contributed by atoms with E-state index < -0.39 is 58.2 Å². The number of nitrogen functional groups attached to an aromatic ring is 1. The number of hydroxylamine groups is 2. The minimum Gasteiger partial charge on any atom is -0.489 e. The molecule has 3 atom stereocenters. The Morgan fingerprint density at radius 2 is 2.02 bits per heavy atom.